The van der Waals surface area contributed by atoms with Crippen LogP contribution in [0.25, 0.3) is 5.69 Å². The van der Waals surface area contributed by atoms with Gasteiger partial charge >= 0.3 is 0 Å². The van der Waals surface area contributed by atoms with Gasteiger partial charge in [0, 0.05) is 22.5 Å². The lowest BCUT2D eigenvalue weighted by atomic mass is 9.95. The van der Waals surface area contributed by atoms with Gasteiger partial charge < -0.3 is 5.32 Å². The third-order valence-electron chi connectivity index (χ3n) is 3.81. The number of hydrogen-bond donors (Lipinski definition) is 1. The van der Waals surface area contributed by atoms with Gasteiger partial charge in [0.2, 0.25) is 5.91 Å². The van der Waals surface area contributed by atoms with Gasteiger partial charge in [-0.05, 0) is 18.6 Å². The summed E-state index contributed by atoms with van der Waals surface area (Å²) in [5.74, 6) is 2.66. The number of nitrogens with one attached hydrogen (secondary N) is 1. The van der Waals surface area contributed by atoms with E-state index in [0.29, 0.717) is 0 Å². The van der Waals surface area contributed by atoms with Crippen molar-refractivity contribution in [2.75, 3.05) is 5.32 Å². The molecule has 0 saturated carbocycles. The summed E-state index contributed by atoms with van der Waals surface area (Å²) < 4.78 is 1.89. The summed E-state index contributed by atoms with van der Waals surface area (Å²) in [4.78, 5) is 12.4. The summed E-state index contributed by atoms with van der Waals surface area (Å²) >= 11 is 1.84. The minimum Gasteiger partial charge on any atom is -0.310 e. The van der Waals surface area contributed by atoms with Crippen LogP contribution >= 0.6 is 11.8 Å². The zero-order valence-electron chi connectivity index (χ0n) is 13.4. The average molecular weight is 315 g/mol. The van der Waals surface area contributed by atoms with E-state index in [0.717, 1.165) is 39.8 Å². The zero-order valence-corrected chi connectivity index (χ0v) is 14.3. The Morgan fingerprint density at radius 2 is 2.00 bits per heavy atom. The quantitative estimate of drug-likeness (QED) is 0.914. The molecule has 0 radical (unpaired) electrons. The number of aryl methyl sites for hydroxylation is 1. The van der Waals surface area contributed by atoms with Crippen LogP contribution in [0.15, 0.2) is 24.3 Å². The van der Waals surface area contributed by atoms with E-state index in [1.54, 1.807) is 0 Å². The molecule has 0 spiro atoms. The first kappa shape index (κ1) is 15.2. The Bertz CT molecular complexity index is 728. The maximum absolute atomic E-state index is 12.4. The minimum atomic E-state index is -0.431. The van der Waals surface area contributed by atoms with Gasteiger partial charge in [-0.15, -0.1) is 0 Å². The molecule has 116 valence electrons. The van der Waals surface area contributed by atoms with Crippen LogP contribution in [0.3, 0.4) is 0 Å². The van der Waals surface area contributed by atoms with E-state index in [1.165, 1.54) is 0 Å². The number of amides is 1. The van der Waals surface area contributed by atoms with Crippen molar-refractivity contribution in [3.05, 3.63) is 41.1 Å². The molecule has 0 atom stereocenters. The van der Waals surface area contributed by atoms with Crippen LogP contribution in [0, 0.1) is 12.3 Å². The molecule has 1 amide bonds. The van der Waals surface area contributed by atoms with E-state index in [2.05, 4.69) is 18.3 Å². The molecule has 5 heteroatoms. The van der Waals surface area contributed by atoms with E-state index in [9.17, 15) is 4.79 Å². The first-order valence-corrected chi connectivity index (χ1v) is 8.59. The molecule has 0 aliphatic carbocycles. The Kier molecular flexibility index (Phi) is 3.77. The maximum atomic E-state index is 12.4. The third kappa shape index (κ3) is 2.65. The Labute approximate surface area is 135 Å². The number of aromatic nitrogens is 2. The summed E-state index contributed by atoms with van der Waals surface area (Å²) in [6, 6.07) is 8.11. The van der Waals surface area contributed by atoms with Gasteiger partial charge in [0.25, 0.3) is 0 Å². The van der Waals surface area contributed by atoms with Gasteiger partial charge in [-0.2, -0.15) is 16.9 Å². The van der Waals surface area contributed by atoms with Crippen LogP contribution in [-0.4, -0.2) is 15.7 Å². The summed E-state index contributed by atoms with van der Waals surface area (Å²) in [7, 11) is 0. The van der Waals surface area contributed by atoms with E-state index < -0.39 is 5.41 Å². The highest BCUT2D eigenvalue weighted by molar-refractivity contribution is 7.98. The van der Waals surface area contributed by atoms with Crippen molar-refractivity contribution >= 4 is 23.5 Å². The molecule has 0 fully saturated rings. The normalized spacial score (nSPS) is 14.0. The number of carbonyl (C=O) groups excluding carboxylic acids is 1. The fraction of sp³-hybridized carbons (Fsp3) is 0.412. The largest absolute Gasteiger partial charge is 0.310 e. The smallest absolute Gasteiger partial charge is 0.230 e. The SMILES string of the molecule is Cc1ccccc1-n1nc2c(c1NC(=O)C(C)(C)C)CSC2. The molecule has 0 bridgehead atoms. The topological polar surface area (TPSA) is 46.9 Å². The average Bonchev–Trinajstić information content (AvgIpc) is 3.01. The van der Waals surface area contributed by atoms with Gasteiger partial charge in [0.05, 0.1) is 11.4 Å². The molecule has 0 unspecified atom stereocenters. The number of benzene rings is 1. The molecule has 3 rings (SSSR count). The standard InChI is InChI=1S/C17H21N3OS/c1-11-7-5-6-8-14(11)20-15(18-16(21)17(2,3)4)12-9-22-10-13(12)19-20/h5-8H,9-10H2,1-4H3,(H,18,21). The molecule has 2 heterocycles. The van der Waals surface area contributed by atoms with Crippen LogP contribution in [0.5, 0.6) is 0 Å². The van der Waals surface area contributed by atoms with Gasteiger partial charge in [-0.1, -0.05) is 39.0 Å². The molecule has 1 aromatic heterocycles. The number of hydrogen-bond acceptors (Lipinski definition) is 3. The van der Waals surface area contributed by atoms with E-state index >= 15 is 0 Å². The summed E-state index contributed by atoms with van der Waals surface area (Å²) in [6.07, 6.45) is 0. The molecule has 1 N–H and O–H groups in total. The molecular weight excluding hydrogens is 294 g/mol. The van der Waals surface area contributed by atoms with E-state index in [1.807, 2.05) is 55.4 Å². The zero-order chi connectivity index (χ0) is 15.9. The number of nitrogens with zero attached hydrogens (tertiary/aromatic N) is 2. The predicted molar refractivity (Wildman–Crippen MR) is 91.4 cm³/mol. The van der Waals surface area contributed by atoms with E-state index in [4.69, 9.17) is 5.10 Å². The second-order valence-electron chi connectivity index (χ2n) is 6.67. The second kappa shape index (κ2) is 5.47. The van der Waals surface area contributed by atoms with Crippen molar-refractivity contribution in [3.8, 4) is 5.69 Å². The molecule has 1 aromatic carbocycles. The van der Waals surface area contributed by atoms with Gasteiger partial charge in [0.15, 0.2) is 0 Å². The van der Waals surface area contributed by atoms with Gasteiger partial charge in [0.1, 0.15) is 5.82 Å². The molecule has 1 aliphatic rings. The predicted octanol–water partition coefficient (Wildman–Crippen LogP) is 3.91. The monoisotopic (exact) mass is 315 g/mol. The van der Waals surface area contributed by atoms with E-state index in [-0.39, 0.29) is 5.91 Å². The van der Waals surface area contributed by atoms with Crippen LogP contribution in [0.4, 0.5) is 5.82 Å². The Hall–Kier alpha value is -1.75. The highest BCUT2D eigenvalue weighted by atomic mass is 32.2. The fourth-order valence-corrected chi connectivity index (χ4v) is 3.45. The maximum Gasteiger partial charge on any atom is 0.230 e. The fourth-order valence-electron chi connectivity index (χ4n) is 2.41. The highest BCUT2D eigenvalue weighted by Gasteiger charge is 2.28. The van der Waals surface area contributed by atoms with Crippen molar-refractivity contribution < 1.29 is 4.79 Å². The first-order valence-electron chi connectivity index (χ1n) is 7.44. The highest BCUT2D eigenvalue weighted by Crippen LogP contribution is 2.37. The molecule has 0 saturated heterocycles. The number of carbonyl (C=O) groups is 1. The molecular formula is C17H21N3OS. The van der Waals surface area contributed by atoms with Crippen molar-refractivity contribution in [1.29, 1.82) is 0 Å². The van der Waals surface area contributed by atoms with Crippen molar-refractivity contribution in [3.63, 3.8) is 0 Å². The lowest BCUT2D eigenvalue weighted by Crippen LogP contribution is -2.29. The number of thioether (sulfide) groups is 1. The number of anilines is 1. The summed E-state index contributed by atoms with van der Waals surface area (Å²) in [5, 5.41) is 7.84. The number of para-hydroxylation sites is 1. The number of fused-ring (bicyclic) bond motifs is 1. The van der Waals surface area contributed by atoms with Crippen LogP contribution in [0.2, 0.25) is 0 Å². The Morgan fingerprint density at radius 3 is 2.68 bits per heavy atom. The molecule has 4 nitrogen and oxygen atoms in total. The molecule has 22 heavy (non-hydrogen) atoms. The van der Waals surface area contributed by atoms with Crippen molar-refractivity contribution in [2.45, 2.75) is 39.2 Å². The summed E-state index contributed by atoms with van der Waals surface area (Å²) in [6.45, 7) is 7.83. The Balaban J connectivity index is 2.09. The van der Waals surface area contributed by atoms with Crippen LogP contribution in [0.1, 0.15) is 37.6 Å². The van der Waals surface area contributed by atoms with Gasteiger partial charge in [-0.3, -0.25) is 4.79 Å². The van der Waals surface area contributed by atoms with Crippen LogP contribution < -0.4 is 5.32 Å². The first-order chi connectivity index (χ1) is 10.4. The van der Waals surface area contributed by atoms with Gasteiger partial charge in [-0.25, -0.2) is 4.68 Å². The van der Waals surface area contributed by atoms with Crippen molar-refractivity contribution in [1.82, 2.24) is 9.78 Å². The Morgan fingerprint density at radius 1 is 1.27 bits per heavy atom. The second-order valence-corrected chi connectivity index (χ2v) is 7.65. The third-order valence-corrected chi connectivity index (χ3v) is 4.78. The molecule has 2 aromatic rings. The van der Waals surface area contributed by atoms with Crippen molar-refractivity contribution in [2.24, 2.45) is 5.41 Å². The van der Waals surface area contributed by atoms with Crippen LogP contribution in [-0.2, 0) is 16.3 Å². The lowest BCUT2D eigenvalue weighted by Gasteiger charge is -2.19. The lowest BCUT2D eigenvalue weighted by molar-refractivity contribution is -0.123. The minimum absolute atomic E-state index is 0.0157. The molecule has 1 aliphatic heterocycles. The number of rotatable bonds is 2. The summed E-state index contributed by atoms with van der Waals surface area (Å²) in [5.41, 5.74) is 3.97.